The molecule has 3 aromatic rings. The van der Waals surface area contributed by atoms with E-state index in [1.54, 1.807) is 11.8 Å². The molecule has 1 aliphatic rings. The second-order valence-electron chi connectivity index (χ2n) is 5.26. The normalized spacial score (nSPS) is 12.0. The third-order valence-corrected chi connectivity index (χ3v) is 5.16. The number of rotatable bonds is 3. The maximum absolute atomic E-state index is 6.19. The molecule has 1 aliphatic heterocycles. The molecule has 0 aromatic heterocycles. The van der Waals surface area contributed by atoms with Crippen molar-refractivity contribution in [1.82, 2.24) is 0 Å². The van der Waals surface area contributed by atoms with Crippen molar-refractivity contribution >= 4 is 29.1 Å². The Morgan fingerprint density at radius 1 is 0.870 bits per heavy atom. The smallest absolute Gasteiger partial charge is 0.143 e. The lowest BCUT2D eigenvalue weighted by Gasteiger charge is -2.20. The Hall–Kier alpha value is -2.10. The summed E-state index contributed by atoms with van der Waals surface area (Å²) in [5.74, 6) is 1.80. The molecule has 1 N–H and O–H groups in total. The molecule has 2 nitrogen and oxygen atoms in total. The van der Waals surface area contributed by atoms with Gasteiger partial charge in [-0.05, 0) is 35.9 Å². The Morgan fingerprint density at radius 3 is 2.57 bits per heavy atom. The van der Waals surface area contributed by atoms with E-state index in [-0.39, 0.29) is 0 Å². The Bertz CT molecular complexity index is 865. The predicted molar refractivity (Wildman–Crippen MR) is 95.9 cm³/mol. The van der Waals surface area contributed by atoms with Crippen LogP contribution in [-0.2, 0) is 6.54 Å². The molecular weight excluding hydrogens is 326 g/mol. The van der Waals surface area contributed by atoms with Gasteiger partial charge in [0.05, 0.1) is 9.79 Å². The van der Waals surface area contributed by atoms with Crippen LogP contribution in [0, 0.1) is 0 Å². The summed E-state index contributed by atoms with van der Waals surface area (Å²) in [5.41, 5.74) is 2.09. The molecule has 23 heavy (non-hydrogen) atoms. The zero-order valence-electron chi connectivity index (χ0n) is 12.3. The lowest BCUT2D eigenvalue weighted by molar-refractivity contribution is 0.455. The molecule has 0 amide bonds. The quantitative estimate of drug-likeness (QED) is 0.479. The van der Waals surface area contributed by atoms with Crippen molar-refractivity contribution in [3.63, 3.8) is 0 Å². The van der Waals surface area contributed by atoms with Gasteiger partial charge in [0.1, 0.15) is 11.5 Å². The average Bonchev–Trinajstić information content (AvgIpc) is 2.59. The first-order valence-electron chi connectivity index (χ1n) is 7.36. The van der Waals surface area contributed by atoms with Gasteiger partial charge in [0, 0.05) is 23.3 Å². The van der Waals surface area contributed by atoms with Crippen LogP contribution < -0.4 is 10.1 Å². The molecule has 0 bridgehead atoms. The molecule has 0 unspecified atom stereocenters. The number of anilines is 1. The van der Waals surface area contributed by atoms with Gasteiger partial charge in [0.2, 0.25) is 0 Å². The van der Waals surface area contributed by atoms with Gasteiger partial charge in [-0.15, -0.1) is 0 Å². The first-order valence-corrected chi connectivity index (χ1v) is 8.55. The fourth-order valence-electron chi connectivity index (χ4n) is 2.48. The fraction of sp³-hybridized carbons (Fsp3) is 0.0526. The topological polar surface area (TPSA) is 21.3 Å². The van der Waals surface area contributed by atoms with Crippen LogP contribution in [0.5, 0.6) is 11.5 Å². The Kier molecular flexibility index (Phi) is 3.90. The van der Waals surface area contributed by atoms with Gasteiger partial charge in [0.15, 0.2) is 0 Å². The maximum atomic E-state index is 6.19. The standard InChI is InChI=1S/C19H14ClNOS/c20-15-6-2-1-5-13(15)12-21-14-9-10-19-17(11-14)22-16-7-3-4-8-18(16)23-19/h1-11,21H,12H2. The number of para-hydroxylation sites is 1. The predicted octanol–water partition coefficient (Wildman–Crippen LogP) is 6.21. The van der Waals surface area contributed by atoms with Gasteiger partial charge in [-0.1, -0.05) is 53.7 Å². The van der Waals surface area contributed by atoms with E-state index < -0.39 is 0 Å². The molecule has 4 rings (SSSR count). The van der Waals surface area contributed by atoms with Crippen molar-refractivity contribution in [2.24, 2.45) is 0 Å². The van der Waals surface area contributed by atoms with E-state index in [1.165, 1.54) is 0 Å². The largest absolute Gasteiger partial charge is 0.455 e. The lowest BCUT2D eigenvalue weighted by atomic mass is 10.2. The zero-order chi connectivity index (χ0) is 15.6. The monoisotopic (exact) mass is 339 g/mol. The van der Waals surface area contributed by atoms with E-state index in [2.05, 4.69) is 23.5 Å². The molecule has 0 radical (unpaired) electrons. The highest BCUT2D eigenvalue weighted by Crippen LogP contribution is 2.47. The minimum Gasteiger partial charge on any atom is -0.455 e. The summed E-state index contributed by atoms with van der Waals surface area (Å²) in [7, 11) is 0. The number of benzene rings is 3. The van der Waals surface area contributed by atoms with Crippen LogP contribution in [-0.4, -0.2) is 0 Å². The molecule has 0 saturated carbocycles. The van der Waals surface area contributed by atoms with Gasteiger partial charge in [-0.3, -0.25) is 0 Å². The Balaban J connectivity index is 1.53. The van der Waals surface area contributed by atoms with Crippen LogP contribution in [0.15, 0.2) is 76.5 Å². The molecule has 0 aliphatic carbocycles. The second kappa shape index (κ2) is 6.19. The first-order chi connectivity index (χ1) is 11.3. The lowest BCUT2D eigenvalue weighted by Crippen LogP contribution is -2.01. The van der Waals surface area contributed by atoms with Gasteiger partial charge in [0.25, 0.3) is 0 Å². The van der Waals surface area contributed by atoms with Gasteiger partial charge in [-0.2, -0.15) is 0 Å². The van der Waals surface area contributed by atoms with Crippen molar-refractivity contribution in [3.8, 4) is 11.5 Å². The van der Waals surface area contributed by atoms with Crippen LogP contribution in [0.25, 0.3) is 0 Å². The summed E-state index contributed by atoms with van der Waals surface area (Å²) in [6, 6.07) is 22.1. The molecule has 0 spiro atoms. The molecule has 0 atom stereocenters. The van der Waals surface area contributed by atoms with Crippen LogP contribution in [0.4, 0.5) is 5.69 Å². The van der Waals surface area contributed by atoms with Crippen LogP contribution in [0.2, 0.25) is 5.02 Å². The van der Waals surface area contributed by atoms with E-state index in [9.17, 15) is 0 Å². The summed E-state index contributed by atoms with van der Waals surface area (Å²) in [6.07, 6.45) is 0. The highest BCUT2D eigenvalue weighted by Gasteiger charge is 2.17. The van der Waals surface area contributed by atoms with Crippen LogP contribution in [0.1, 0.15) is 5.56 Å². The number of hydrogen-bond donors (Lipinski definition) is 1. The van der Waals surface area contributed by atoms with Crippen molar-refractivity contribution in [3.05, 3.63) is 77.3 Å². The SMILES string of the molecule is Clc1ccccc1CNc1ccc2c(c1)Oc1ccccc1S2. The highest BCUT2D eigenvalue weighted by molar-refractivity contribution is 7.99. The van der Waals surface area contributed by atoms with Gasteiger partial charge in [-0.25, -0.2) is 0 Å². The summed E-state index contributed by atoms with van der Waals surface area (Å²) >= 11 is 7.93. The van der Waals surface area contributed by atoms with Crippen LogP contribution in [0.3, 0.4) is 0 Å². The van der Waals surface area contributed by atoms with Crippen molar-refractivity contribution in [2.45, 2.75) is 16.3 Å². The molecule has 0 fully saturated rings. The molecule has 3 aromatic carbocycles. The highest BCUT2D eigenvalue weighted by atomic mass is 35.5. The van der Waals surface area contributed by atoms with Crippen molar-refractivity contribution < 1.29 is 4.74 Å². The summed E-state index contributed by atoms with van der Waals surface area (Å²) in [6.45, 7) is 0.683. The minimum absolute atomic E-state index is 0.683. The number of nitrogens with one attached hydrogen (secondary N) is 1. The first kappa shape index (κ1) is 14.5. The van der Waals surface area contributed by atoms with Crippen LogP contribution >= 0.6 is 23.4 Å². The van der Waals surface area contributed by atoms with Crippen molar-refractivity contribution in [2.75, 3.05) is 5.32 Å². The van der Waals surface area contributed by atoms with E-state index in [4.69, 9.17) is 16.3 Å². The summed E-state index contributed by atoms with van der Waals surface area (Å²) < 4.78 is 6.01. The summed E-state index contributed by atoms with van der Waals surface area (Å²) in [5, 5.41) is 4.18. The van der Waals surface area contributed by atoms with E-state index in [0.29, 0.717) is 6.54 Å². The minimum atomic E-state index is 0.683. The molecule has 1 heterocycles. The Labute approximate surface area is 144 Å². The summed E-state index contributed by atoms with van der Waals surface area (Å²) in [4.78, 5) is 2.28. The second-order valence-corrected chi connectivity index (χ2v) is 6.75. The average molecular weight is 340 g/mol. The zero-order valence-corrected chi connectivity index (χ0v) is 13.8. The van der Waals surface area contributed by atoms with E-state index in [1.807, 2.05) is 48.5 Å². The number of hydrogen-bond acceptors (Lipinski definition) is 3. The van der Waals surface area contributed by atoms with E-state index >= 15 is 0 Å². The number of fused-ring (bicyclic) bond motifs is 2. The number of halogens is 1. The third-order valence-electron chi connectivity index (χ3n) is 3.67. The molecular formula is C19H14ClNOS. The Morgan fingerprint density at radius 2 is 1.65 bits per heavy atom. The maximum Gasteiger partial charge on any atom is 0.143 e. The van der Waals surface area contributed by atoms with Crippen molar-refractivity contribution in [1.29, 1.82) is 0 Å². The molecule has 4 heteroatoms. The number of ether oxygens (including phenoxy) is 1. The van der Waals surface area contributed by atoms with E-state index in [0.717, 1.165) is 37.6 Å². The fourth-order valence-corrected chi connectivity index (χ4v) is 3.61. The third kappa shape index (κ3) is 3.03. The van der Waals surface area contributed by atoms with Gasteiger partial charge < -0.3 is 10.1 Å². The van der Waals surface area contributed by atoms with Gasteiger partial charge >= 0.3 is 0 Å². The molecule has 0 saturated heterocycles. The molecule has 114 valence electrons.